The van der Waals surface area contributed by atoms with Gasteiger partial charge in [-0.05, 0) is 13.0 Å². The van der Waals surface area contributed by atoms with Gasteiger partial charge < -0.3 is 10.2 Å². The Bertz CT molecular complexity index is 614. The van der Waals surface area contributed by atoms with Crippen molar-refractivity contribution in [2.45, 2.75) is 17.4 Å². The van der Waals surface area contributed by atoms with Crippen molar-refractivity contribution in [2.24, 2.45) is 0 Å². The Morgan fingerprint density at radius 2 is 1.95 bits per heavy atom. The highest BCUT2D eigenvalue weighted by atomic mass is 32.2. The third kappa shape index (κ3) is 3.48. The lowest BCUT2D eigenvalue weighted by Gasteiger charge is -2.25. The van der Waals surface area contributed by atoms with Gasteiger partial charge in [-0.1, -0.05) is 0 Å². The van der Waals surface area contributed by atoms with Crippen molar-refractivity contribution >= 4 is 15.7 Å². The first-order chi connectivity index (χ1) is 9.15. The molecule has 1 aromatic carbocycles. The van der Waals surface area contributed by atoms with Gasteiger partial charge in [-0.15, -0.1) is 0 Å². The Hall–Kier alpha value is -1.62. The van der Waals surface area contributed by atoms with Crippen molar-refractivity contribution in [3.8, 4) is 0 Å². The normalized spacial score (nSPS) is 12.4. The van der Waals surface area contributed by atoms with E-state index in [0.29, 0.717) is 6.07 Å². The monoisotopic (exact) mass is 308 g/mol. The highest BCUT2D eigenvalue weighted by molar-refractivity contribution is 7.89. The Morgan fingerprint density at radius 1 is 1.40 bits per heavy atom. The van der Waals surface area contributed by atoms with Gasteiger partial charge in [0.2, 0.25) is 15.8 Å². The summed E-state index contributed by atoms with van der Waals surface area (Å²) in [5, 5.41) is 28.5. The zero-order chi connectivity index (χ0) is 15.6. The van der Waals surface area contributed by atoms with Crippen molar-refractivity contribution in [3.05, 3.63) is 34.1 Å². The smallest absolute Gasteiger partial charge is 0.304 e. The number of nitrogens with one attached hydrogen (secondary N) is 1. The second-order valence-corrected chi connectivity index (χ2v) is 6.04. The Labute approximate surface area is 114 Å². The molecule has 3 N–H and O–H groups in total. The van der Waals surface area contributed by atoms with E-state index >= 15 is 0 Å². The summed E-state index contributed by atoms with van der Waals surface area (Å²) in [6.07, 6.45) is 0. The Morgan fingerprint density at radius 3 is 2.35 bits per heavy atom. The molecule has 0 heterocycles. The predicted octanol–water partition coefficient (Wildman–Crippen LogP) is -0.245. The first kappa shape index (κ1) is 16.4. The molecule has 0 aromatic heterocycles. The van der Waals surface area contributed by atoms with Gasteiger partial charge in [-0.2, -0.15) is 4.39 Å². The molecule has 0 unspecified atom stereocenters. The molecule has 0 atom stereocenters. The molecule has 1 aromatic rings. The fourth-order valence-corrected chi connectivity index (χ4v) is 2.70. The fraction of sp³-hybridized carbons (Fsp3) is 0.400. The molecule has 1 rings (SSSR count). The number of nitrogens with zero attached hydrogens (tertiary/aromatic N) is 1. The number of halogens is 1. The summed E-state index contributed by atoms with van der Waals surface area (Å²) in [4.78, 5) is 8.91. The van der Waals surface area contributed by atoms with Crippen molar-refractivity contribution in [2.75, 3.05) is 13.2 Å². The van der Waals surface area contributed by atoms with Crippen molar-refractivity contribution in [1.82, 2.24) is 4.72 Å². The van der Waals surface area contributed by atoms with Crippen LogP contribution in [0.5, 0.6) is 0 Å². The SMILES string of the molecule is CC(CO)(CO)NS(=O)(=O)c1ccc([N+](=O)[O-])c(F)c1. The Kier molecular flexibility index (Phi) is 4.76. The van der Waals surface area contributed by atoms with Gasteiger partial charge >= 0.3 is 5.69 Å². The molecule has 0 aliphatic rings. The van der Waals surface area contributed by atoms with E-state index in [2.05, 4.69) is 0 Å². The van der Waals surface area contributed by atoms with Crippen LogP contribution in [0.15, 0.2) is 23.1 Å². The van der Waals surface area contributed by atoms with Crippen molar-refractivity contribution in [3.63, 3.8) is 0 Å². The molecule has 112 valence electrons. The van der Waals surface area contributed by atoms with Crippen molar-refractivity contribution < 1.29 is 27.9 Å². The zero-order valence-electron chi connectivity index (χ0n) is 10.4. The molecule has 8 nitrogen and oxygen atoms in total. The van der Waals surface area contributed by atoms with Gasteiger partial charge in [0.15, 0.2) is 0 Å². The summed E-state index contributed by atoms with van der Waals surface area (Å²) in [6, 6.07) is 2.08. The van der Waals surface area contributed by atoms with E-state index in [1.54, 1.807) is 0 Å². The molecule has 0 fully saturated rings. The maximum absolute atomic E-state index is 13.4. The van der Waals surface area contributed by atoms with Gasteiger partial charge in [0.1, 0.15) is 0 Å². The van der Waals surface area contributed by atoms with Gasteiger partial charge in [-0.25, -0.2) is 13.1 Å². The van der Waals surface area contributed by atoms with Crippen LogP contribution in [0.25, 0.3) is 0 Å². The van der Waals surface area contributed by atoms with Crippen molar-refractivity contribution in [1.29, 1.82) is 0 Å². The maximum atomic E-state index is 13.4. The third-order valence-corrected chi connectivity index (χ3v) is 4.14. The first-order valence-electron chi connectivity index (χ1n) is 5.35. The minimum atomic E-state index is -4.24. The van der Waals surface area contributed by atoms with Crippen LogP contribution in [0, 0.1) is 15.9 Å². The molecular weight excluding hydrogens is 295 g/mol. The second kappa shape index (κ2) is 5.79. The summed E-state index contributed by atoms with van der Waals surface area (Å²) in [5.74, 6) is -1.30. The van der Waals surface area contributed by atoms with E-state index < -0.39 is 50.1 Å². The minimum absolute atomic E-state index is 0.496. The van der Waals surface area contributed by atoms with Gasteiger partial charge in [-0.3, -0.25) is 10.1 Å². The van der Waals surface area contributed by atoms with Crippen LogP contribution in [0.1, 0.15) is 6.92 Å². The van der Waals surface area contributed by atoms with Crippen LogP contribution >= 0.6 is 0 Å². The van der Waals surface area contributed by atoms with Gasteiger partial charge in [0, 0.05) is 12.1 Å². The Balaban J connectivity index is 3.17. The number of nitro benzene ring substituents is 1. The molecule has 0 bridgehead atoms. The zero-order valence-corrected chi connectivity index (χ0v) is 11.2. The van der Waals surface area contributed by atoms with E-state index in [1.807, 2.05) is 4.72 Å². The van der Waals surface area contributed by atoms with Crippen LogP contribution in [0.3, 0.4) is 0 Å². The van der Waals surface area contributed by atoms with Crippen LogP contribution in [-0.4, -0.2) is 42.3 Å². The molecule has 20 heavy (non-hydrogen) atoms. The molecular formula is C10H13FN2O6S. The molecule has 0 saturated carbocycles. The average molecular weight is 308 g/mol. The van der Waals surface area contributed by atoms with E-state index in [-0.39, 0.29) is 0 Å². The number of sulfonamides is 1. The van der Waals surface area contributed by atoms with Gasteiger partial charge in [0.05, 0.1) is 28.6 Å². The first-order valence-corrected chi connectivity index (χ1v) is 6.83. The molecule has 10 heteroatoms. The highest BCUT2D eigenvalue weighted by Crippen LogP contribution is 2.21. The van der Waals surface area contributed by atoms with E-state index in [9.17, 15) is 22.9 Å². The third-order valence-electron chi connectivity index (χ3n) is 2.50. The summed E-state index contributed by atoms with van der Waals surface area (Å²) in [5.41, 5.74) is -2.38. The molecule has 0 aliphatic carbocycles. The molecule has 0 radical (unpaired) electrons. The number of benzene rings is 1. The lowest BCUT2D eigenvalue weighted by Crippen LogP contribution is -2.51. The van der Waals surface area contributed by atoms with Crippen LogP contribution in [-0.2, 0) is 10.0 Å². The minimum Gasteiger partial charge on any atom is -0.394 e. The molecule has 0 spiro atoms. The van der Waals surface area contributed by atoms with E-state index in [0.717, 1.165) is 12.1 Å². The highest BCUT2D eigenvalue weighted by Gasteiger charge is 2.30. The second-order valence-electron chi connectivity index (χ2n) is 4.35. The molecule has 0 amide bonds. The molecule has 0 saturated heterocycles. The topological polar surface area (TPSA) is 130 Å². The number of aliphatic hydroxyl groups excluding tert-OH is 2. The largest absolute Gasteiger partial charge is 0.394 e. The predicted molar refractivity (Wildman–Crippen MR) is 66.0 cm³/mol. The fourth-order valence-electron chi connectivity index (χ4n) is 1.30. The van der Waals surface area contributed by atoms with Crippen LogP contribution < -0.4 is 4.72 Å². The summed E-state index contributed by atoms with van der Waals surface area (Å²) in [7, 11) is -4.24. The average Bonchev–Trinajstić information content (AvgIpc) is 2.37. The number of hydrogen-bond acceptors (Lipinski definition) is 6. The number of hydrogen-bond donors (Lipinski definition) is 3. The lowest BCUT2D eigenvalue weighted by atomic mass is 10.1. The van der Waals surface area contributed by atoms with Crippen LogP contribution in [0.4, 0.5) is 10.1 Å². The van der Waals surface area contributed by atoms with Gasteiger partial charge in [0.25, 0.3) is 0 Å². The maximum Gasteiger partial charge on any atom is 0.304 e. The summed E-state index contributed by atoms with van der Waals surface area (Å²) >= 11 is 0. The van der Waals surface area contributed by atoms with Crippen LogP contribution in [0.2, 0.25) is 0 Å². The standard InChI is InChI=1S/C10H13FN2O6S/c1-10(5-14,6-15)12-20(18,19)7-2-3-9(13(16)17)8(11)4-7/h2-4,12,14-15H,5-6H2,1H3. The number of rotatable bonds is 6. The molecule has 0 aliphatic heterocycles. The quantitative estimate of drug-likeness (QED) is 0.491. The lowest BCUT2D eigenvalue weighted by molar-refractivity contribution is -0.387. The number of aliphatic hydroxyl groups is 2. The number of nitro groups is 1. The van der Waals surface area contributed by atoms with E-state index in [1.165, 1.54) is 6.92 Å². The summed E-state index contributed by atoms with van der Waals surface area (Å²) in [6.45, 7) is -0.122. The summed E-state index contributed by atoms with van der Waals surface area (Å²) < 4.78 is 39.3. The van der Waals surface area contributed by atoms with E-state index in [4.69, 9.17) is 10.2 Å².